The van der Waals surface area contributed by atoms with Crippen molar-refractivity contribution in [2.24, 2.45) is 0 Å². The van der Waals surface area contributed by atoms with Crippen molar-refractivity contribution in [3.05, 3.63) is 33.9 Å². The highest BCUT2D eigenvalue weighted by molar-refractivity contribution is 5.67. The number of nitrogens with zero attached hydrogens (tertiary/aromatic N) is 3. The summed E-state index contributed by atoms with van der Waals surface area (Å²) in [6.07, 6.45) is 0. The fourth-order valence-corrected chi connectivity index (χ4v) is 1.32. The molecule has 0 fully saturated rings. The van der Waals surface area contributed by atoms with Crippen LogP contribution >= 0.6 is 0 Å². The second-order valence-electron chi connectivity index (χ2n) is 3.22. The molecule has 7 heteroatoms. The molecule has 82 valence electrons. The highest BCUT2D eigenvalue weighted by Gasteiger charge is 2.19. The predicted molar refractivity (Wildman–Crippen MR) is 55.5 cm³/mol. The number of nitro benzene ring substituents is 1. The maximum Gasteiger partial charge on any atom is 0.313 e. The van der Waals surface area contributed by atoms with Crippen LogP contribution < -0.4 is 5.73 Å². The molecule has 0 aliphatic heterocycles. The molecular formula is C9H8N4O3. The third-order valence-corrected chi connectivity index (χ3v) is 2.02. The average Bonchev–Trinajstić information content (AvgIpc) is 2.64. The largest absolute Gasteiger partial charge is 0.403 e. The fourth-order valence-electron chi connectivity index (χ4n) is 1.32. The SMILES string of the molecule is Cc1ccc([N+](=O)[O-])c(-c2nnc(N)o2)c1. The quantitative estimate of drug-likeness (QED) is 0.607. The summed E-state index contributed by atoms with van der Waals surface area (Å²) >= 11 is 0. The van der Waals surface area contributed by atoms with Crippen LogP contribution in [0.5, 0.6) is 0 Å². The van der Waals surface area contributed by atoms with E-state index >= 15 is 0 Å². The molecule has 2 rings (SSSR count). The Labute approximate surface area is 90.0 Å². The highest BCUT2D eigenvalue weighted by atomic mass is 16.6. The van der Waals surface area contributed by atoms with E-state index < -0.39 is 4.92 Å². The van der Waals surface area contributed by atoms with Gasteiger partial charge in [0.1, 0.15) is 5.56 Å². The Morgan fingerprint density at radius 3 is 2.75 bits per heavy atom. The van der Waals surface area contributed by atoms with Crippen molar-refractivity contribution in [2.45, 2.75) is 6.92 Å². The first-order chi connectivity index (χ1) is 7.58. The topological polar surface area (TPSA) is 108 Å². The molecule has 0 radical (unpaired) electrons. The number of rotatable bonds is 2. The summed E-state index contributed by atoms with van der Waals surface area (Å²) in [7, 11) is 0. The Morgan fingerprint density at radius 1 is 1.44 bits per heavy atom. The molecule has 0 atom stereocenters. The van der Waals surface area contributed by atoms with Crippen LogP contribution in [-0.2, 0) is 0 Å². The number of nitrogens with two attached hydrogens (primary N) is 1. The van der Waals surface area contributed by atoms with E-state index in [1.54, 1.807) is 12.1 Å². The predicted octanol–water partition coefficient (Wildman–Crippen LogP) is 1.54. The molecule has 1 aromatic carbocycles. The maximum atomic E-state index is 10.8. The van der Waals surface area contributed by atoms with Crippen LogP contribution in [0, 0.1) is 17.0 Å². The summed E-state index contributed by atoms with van der Waals surface area (Å²) in [4.78, 5) is 10.3. The molecule has 0 aliphatic carbocycles. The van der Waals surface area contributed by atoms with Crippen LogP contribution in [0.1, 0.15) is 5.56 Å². The molecule has 0 saturated carbocycles. The van der Waals surface area contributed by atoms with E-state index in [1.165, 1.54) is 6.07 Å². The second-order valence-corrected chi connectivity index (χ2v) is 3.22. The van der Waals surface area contributed by atoms with Crippen molar-refractivity contribution in [2.75, 3.05) is 5.73 Å². The molecule has 1 aromatic heterocycles. The van der Waals surface area contributed by atoms with E-state index in [-0.39, 0.29) is 23.2 Å². The first-order valence-electron chi connectivity index (χ1n) is 4.42. The Morgan fingerprint density at radius 2 is 2.19 bits per heavy atom. The number of aryl methyl sites for hydroxylation is 1. The Bertz CT molecular complexity index is 549. The van der Waals surface area contributed by atoms with Gasteiger partial charge in [-0.15, -0.1) is 5.10 Å². The van der Waals surface area contributed by atoms with Gasteiger partial charge in [0.2, 0.25) is 0 Å². The summed E-state index contributed by atoms with van der Waals surface area (Å²) in [5.74, 6) is 0.0490. The highest BCUT2D eigenvalue weighted by Crippen LogP contribution is 2.29. The van der Waals surface area contributed by atoms with Crippen molar-refractivity contribution < 1.29 is 9.34 Å². The van der Waals surface area contributed by atoms with Gasteiger partial charge in [-0.05, 0) is 18.6 Å². The van der Waals surface area contributed by atoms with E-state index in [1.807, 2.05) is 6.92 Å². The van der Waals surface area contributed by atoms with Crippen LogP contribution in [0.2, 0.25) is 0 Å². The Kier molecular flexibility index (Phi) is 2.28. The lowest BCUT2D eigenvalue weighted by atomic mass is 10.1. The van der Waals surface area contributed by atoms with Gasteiger partial charge < -0.3 is 10.2 Å². The zero-order chi connectivity index (χ0) is 11.7. The summed E-state index contributed by atoms with van der Waals surface area (Å²) in [5.41, 5.74) is 6.31. The molecule has 16 heavy (non-hydrogen) atoms. The molecule has 0 bridgehead atoms. The first kappa shape index (κ1) is 10.1. The van der Waals surface area contributed by atoms with E-state index in [2.05, 4.69) is 10.2 Å². The number of aromatic nitrogens is 2. The number of benzene rings is 1. The van der Waals surface area contributed by atoms with E-state index in [9.17, 15) is 10.1 Å². The molecule has 2 aromatic rings. The van der Waals surface area contributed by atoms with Crippen molar-refractivity contribution in [1.82, 2.24) is 10.2 Å². The summed E-state index contributed by atoms with van der Waals surface area (Å²) in [6, 6.07) is 4.52. The molecule has 0 aliphatic rings. The zero-order valence-corrected chi connectivity index (χ0v) is 8.38. The molecule has 0 amide bonds. The second kappa shape index (κ2) is 3.61. The number of hydrogen-bond donors (Lipinski definition) is 1. The maximum absolute atomic E-state index is 10.8. The number of anilines is 1. The molecule has 0 saturated heterocycles. The van der Waals surface area contributed by atoms with Gasteiger partial charge in [0.15, 0.2) is 0 Å². The van der Waals surface area contributed by atoms with Crippen LogP contribution in [-0.4, -0.2) is 15.1 Å². The summed E-state index contributed by atoms with van der Waals surface area (Å²) in [6.45, 7) is 1.81. The van der Waals surface area contributed by atoms with Crippen LogP contribution in [0.25, 0.3) is 11.5 Å². The lowest BCUT2D eigenvalue weighted by Crippen LogP contribution is -1.92. The summed E-state index contributed by atoms with van der Waals surface area (Å²) < 4.78 is 4.97. The Hall–Kier alpha value is -2.44. The average molecular weight is 220 g/mol. The van der Waals surface area contributed by atoms with Crippen LogP contribution in [0.15, 0.2) is 22.6 Å². The van der Waals surface area contributed by atoms with Crippen molar-refractivity contribution in [3.8, 4) is 11.5 Å². The molecule has 2 N–H and O–H groups in total. The van der Waals surface area contributed by atoms with Crippen molar-refractivity contribution in [1.29, 1.82) is 0 Å². The van der Waals surface area contributed by atoms with Gasteiger partial charge in [0.05, 0.1) is 4.92 Å². The normalized spacial score (nSPS) is 10.3. The van der Waals surface area contributed by atoms with Gasteiger partial charge in [-0.25, -0.2) is 0 Å². The molecule has 7 nitrogen and oxygen atoms in total. The van der Waals surface area contributed by atoms with Gasteiger partial charge in [-0.1, -0.05) is 11.2 Å². The Balaban J connectivity index is 2.62. The van der Waals surface area contributed by atoms with Gasteiger partial charge in [-0.3, -0.25) is 10.1 Å². The van der Waals surface area contributed by atoms with Crippen LogP contribution in [0.4, 0.5) is 11.7 Å². The zero-order valence-electron chi connectivity index (χ0n) is 8.38. The number of nitro groups is 1. The van der Waals surface area contributed by atoms with Gasteiger partial charge in [0, 0.05) is 6.07 Å². The molecular weight excluding hydrogens is 212 g/mol. The van der Waals surface area contributed by atoms with Crippen molar-refractivity contribution >= 4 is 11.7 Å². The molecule has 0 spiro atoms. The summed E-state index contributed by atoms with van der Waals surface area (Å²) in [5, 5.41) is 17.9. The van der Waals surface area contributed by atoms with Gasteiger partial charge in [-0.2, -0.15) is 0 Å². The number of nitrogen functional groups attached to an aromatic ring is 1. The minimum atomic E-state index is -0.505. The van der Waals surface area contributed by atoms with E-state index in [4.69, 9.17) is 10.2 Å². The van der Waals surface area contributed by atoms with Gasteiger partial charge >= 0.3 is 6.01 Å². The minimum absolute atomic E-state index is 0.0490. The number of hydrogen-bond acceptors (Lipinski definition) is 6. The smallest absolute Gasteiger partial charge is 0.313 e. The third kappa shape index (κ3) is 1.70. The molecule has 1 heterocycles. The van der Waals surface area contributed by atoms with Crippen molar-refractivity contribution in [3.63, 3.8) is 0 Å². The van der Waals surface area contributed by atoms with Gasteiger partial charge in [0.25, 0.3) is 11.6 Å². The third-order valence-electron chi connectivity index (χ3n) is 2.02. The minimum Gasteiger partial charge on any atom is -0.403 e. The van der Waals surface area contributed by atoms with E-state index in [0.29, 0.717) is 0 Å². The lowest BCUT2D eigenvalue weighted by Gasteiger charge is -1.99. The standard InChI is InChI=1S/C9H8N4O3/c1-5-2-3-7(13(14)15)6(4-5)8-11-12-9(10)16-8/h2-4H,1H3,(H2,10,12). The lowest BCUT2D eigenvalue weighted by molar-refractivity contribution is -0.384. The van der Waals surface area contributed by atoms with E-state index in [0.717, 1.165) is 5.56 Å². The fraction of sp³-hybridized carbons (Fsp3) is 0.111. The monoisotopic (exact) mass is 220 g/mol. The molecule has 0 unspecified atom stereocenters. The first-order valence-corrected chi connectivity index (χ1v) is 4.42. The van der Waals surface area contributed by atoms with Crippen LogP contribution in [0.3, 0.4) is 0 Å².